The molecule has 1 N–H and O–H groups in total. The number of benzene rings is 2. The molecule has 0 aromatic heterocycles. The van der Waals surface area contributed by atoms with Crippen molar-refractivity contribution in [1.29, 1.82) is 0 Å². The summed E-state index contributed by atoms with van der Waals surface area (Å²) in [6, 6.07) is 8.68. The van der Waals surface area contributed by atoms with E-state index in [1.165, 1.54) is 17.2 Å². The topological polar surface area (TPSA) is 67.9 Å². The monoisotopic (exact) mass is 472 g/mol. The van der Waals surface area contributed by atoms with Crippen molar-refractivity contribution >= 4 is 33.2 Å². The second-order valence-electron chi connectivity index (χ2n) is 7.16. The molecular weight excluding hydrogens is 447 g/mol. The molecule has 0 spiro atoms. The summed E-state index contributed by atoms with van der Waals surface area (Å²) < 4.78 is 38.3. The predicted octanol–water partition coefficient (Wildman–Crippen LogP) is 4.13. The largest absolute Gasteiger partial charge is 0.493 e. The Kier molecular flexibility index (Phi) is 7.87. The van der Waals surface area contributed by atoms with Gasteiger partial charge in [-0.25, -0.2) is 13.1 Å². The summed E-state index contributed by atoms with van der Waals surface area (Å²) in [6.45, 7) is 3.06. The van der Waals surface area contributed by atoms with Crippen LogP contribution in [0.5, 0.6) is 11.5 Å². The minimum Gasteiger partial charge on any atom is -0.493 e. The Labute approximate surface area is 188 Å². The highest BCUT2D eigenvalue weighted by Crippen LogP contribution is 2.33. The van der Waals surface area contributed by atoms with Gasteiger partial charge >= 0.3 is 0 Å². The molecule has 0 aliphatic carbocycles. The molecule has 9 heteroatoms. The molecule has 6 nitrogen and oxygen atoms in total. The number of nitrogens with one attached hydrogen (secondary N) is 1. The first-order valence-corrected chi connectivity index (χ1v) is 12.0. The molecule has 0 atom stereocenters. The van der Waals surface area contributed by atoms with Gasteiger partial charge in [0, 0.05) is 19.6 Å². The number of hydrogen-bond donors (Lipinski definition) is 1. The predicted molar refractivity (Wildman–Crippen MR) is 119 cm³/mol. The molecule has 0 radical (unpaired) electrons. The molecule has 2 aromatic rings. The van der Waals surface area contributed by atoms with Crippen molar-refractivity contribution in [2.75, 3.05) is 33.9 Å². The lowest BCUT2D eigenvalue weighted by Crippen LogP contribution is -2.32. The van der Waals surface area contributed by atoms with Gasteiger partial charge in [-0.2, -0.15) is 0 Å². The van der Waals surface area contributed by atoms with E-state index in [9.17, 15) is 8.42 Å². The third kappa shape index (κ3) is 5.39. The fourth-order valence-electron chi connectivity index (χ4n) is 3.57. The van der Waals surface area contributed by atoms with Crippen LogP contribution in [0.1, 0.15) is 24.0 Å². The molecule has 164 valence electrons. The maximum absolute atomic E-state index is 12.4. The molecule has 1 heterocycles. The molecule has 30 heavy (non-hydrogen) atoms. The molecule has 3 rings (SSSR count). The van der Waals surface area contributed by atoms with Crippen LogP contribution in [0.25, 0.3) is 0 Å². The van der Waals surface area contributed by atoms with Gasteiger partial charge in [0.25, 0.3) is 0 Å². The van der Waals surface area contributed by atoms with Gasteiger partial charge in [0.1, 0.15) is 4.90 Å². The fraction of sp³-hybridized carbons (Fsp3) is 0.429. The Morgan fingerprint density at radius 1 is 1.07 bits per heavy atom. The molecule has 0 saturated heterocycles. The quantitative estimate of drug-likeness (QED) is 0.555. The number of halogens is 2. The Balaban J connectivity index is 1.48. The van der Waals surface area contributed by atoms with Crippen molar-refractivity contribution in [1.82, 2.24) is 9.62 Å². The van der Waals surface area contributed by atoms with Crippen LogP contribution in [0.4, 0.5) is 0 Å². The zero-order chi connectivity index (χ0) is 21.7. The lowest BCUT2D eigenvalue weighted by atomic mass is 9.98. The van der Waals surface area contributed by atoms with Gasteiger partial charge in [-0.15, -0.1) is 0 Å². The van der Waals surface area contributed by atoms with E-state index in [2.05, 4.69) is 15.7 Å². The van der Waals surface area contributed by atoms with Crippen molar-refractivity contribution in [3.8, 4) is 11.5 Å². The van der Waals surface area contributed by atoms with Crippen LogP contribution < -0.4 is 14.2 Å². The van der Waals surface area contributed by atoms with Gasteiger partial charge in [-0.05, 0) is 61.2 Å². The van der Waals surface area contributed by atoms with Crippen LogP contribution in [0.3, 0.4) is 0 Å². The summed E-state index contributed by atoms with van der Waals surface area (Å²) in [7, 11) is -0.391. The van der Waals surface area contributed by atoms with Crippen LogP contribution in [-0.4, -0.2) is 47.2 Å². The van der Waals surface area contributed by atoms with Crippen molar-refractivity contribution in [2.24, 2.45) is 0 Å². The number of nitrogens with zero attached hydrogens (tertiary/aromatic N) is 1. The van der Waals surface area contributed by atoms with E-state index in [1.807, 2.05) is 6.07 Å². The minimum absolute atomic E-state index is 0.00804. The summed E-state index contributed by atoms with van der Waals surface area (Å²) in [6.07, 6.45) is 2.57. The summed E-state index contributed by atoms with van der Waals surface area (Å²) in [4.78, 5) is 2.38. The second-order valence-corrected chi connectivity index (χ2v) is 9.68. The van der Waals surface area contributed by atoms with E-state index in [4.69, 9.17) is 32.7 Å². The van der Waals surface area contributed by atoms with Crippen LogP contribution in [0.15, 0.2) is 35.2 Å². The smallest absolute Gasteiger partial charge is 0.242 e. The summed E-state index contributed by atoms with van der Waals surface area (Å²) in [5, 5.41) is 0.268. The van der Waals surface area contributed by atoms with E-state index < -0.39 is 10.0 Å². The lowest BCUT2D eigenvalue weighted by Gasteiger charge is -2.29. The van der Waals surface area contributed by atoms with Crippen LogP contribution in [0, 0.1) is 0 Å². The molecule has 2 aromatic carbocycles. The number of sulfonamides is 1. The van der Waals surface area contributed by atoms with Gasteiger partial charge in [-0.1, -0.05) is 29.3 Å². The maximum Gasteiger partial charge on any atom is 0.242 e. The molecule has 0 saturated carbocycles. The zero-order valence-corrected chi connectivity index (χ0v) is 19.4. The third-order valence-electron chi connectivity index (χ3n) is 5.20. The van der Waals surface area contributed by atoms with E-state index in [-0.39, 0.29) is 14.9 Å². The number of fused-ring (bicyclic) bond motifs is 1. The first-order chi connectivity index (χ1) is 14.4. The maximum atomic E-state index is 12.4. The highest BCUT2D eigenvalue weighted by molar-refractivity contribution is 7.89. The van der Waals surface area contributed by atoms with Gasteiger partial charge in [-0.3, -0.25) is 4.90 Å². The molecule has 0 fully saturated rings. The fourth-order valence-corrected chi connectivity index (χ4v) is 5.40. The number of rotatable bonds is 9. The van der Waals surface area contributed by atoms with Crippen molar-refractivity contribution < 1.29 is 17.9 Å². The molecule has 1 aliphatic rings. The van der Waals surface area contributed by atoms with Crippen LogP contribution in [0.2, 0.25) is 10.0 Å². The third-order valence-corrected chi connectivity index (χ3v) is 7.63. The van der Waals surface area contributed by atoms with Crippen molar-refractivity contribution in [3.05, 3.63) is 51.5 Å². The highest BCUT2D eigenvalue weighted by atomic mass is 35.5. The van der Waals surface area contributed by atoms with E-state index in [1.54, 1.807) is 26.4 Å². The van der Waals surface area contributed by atoms with Gasteiger partial charge < -0.3 is 9.47 Å². The zero-order valence-electron chi connectivity index (χ0n) is 17.1. The Hall–Kier alpha value is -1.51. The minimum atomic E-state index is -3.68. The normalized spacial score (nSPS) is 14.4. The second kappa shape index (κ2) is 10.2. The van der Waals surface area contributed by atoms with Crippen molar-refractivity contribution in [2.45, 2.75) is 30.7 Å². The Morgan fingerprint density at radius 2 is 1.77 bits per heavy atom. The average Bonchev–Trinajstić information content (AvgIpc) is 2.74. The van der Waals surface area contributed by atoms with Gasteiger partial charge in [0.05, 0.1) is 24.3 Å². The van der Waals surface area contributed by atoms with E-state index in [0.29, 0.717) is 6.54 Å². The molecular formula is C21H26Cl2N2O4S. The highest BCUT2D eigenvalue weighted by Gasteiger charge is 2.20. The first-order valence-electron chi connectivity index (χ1n) is 9.75. The molecule has 0 amide bonds. The molecule has 1 aliphatic heterocycles. The molecule has 0 unspecified atom stereocenters. The average molecular weight is 473 g/mol. The number of hydrogen-bond acceptors (Lipinski definition) is 5. The van der Waals surface area contributed by atoms with E-state index in [0.717, 1.165) is 50.4 Å². The summed E-state index contributed by atoms with van der Waals surface area (Å²) in [5.74, 6) is 1.50. The number of methoxy groups -OCH3 is 2. The number of ether oxygens (including phenoxy) is 2. The standard InChI is InChI=1S/C21H26Cl2N2O4S/c1-28-18-12-15-8-11-25(14-16(15)13-19(18)29-2)10-4-3-9-24-30(26,27)20-7-5-6-17(22)21(20)23/h5-7,12-13,24H,3-4,8-11,14H2,1-2H3. The number of unbranched alkanes of at least 4 members (excludes halogenated alkanes) is 1. The molecule has 0 bridgehead atoms. The van der Waals surface area contributed by atoms with Gasteiger partial charge in [0.15, 0.2) is 11.5 Å². The van der Waals surface area contributed by atoms with Crippen LogP contribution in [-0.2, 0) is 23.0 Å². The summed E-state index contributed by atoms with van der Waals surface area (Å²) in [5.41, 5.74) is 2.53. The van der Waals surface area contributed by atoms with Crippen LogP contribution >= 0.6 is 23.2 Å². The van der Waals surface area contributed by atoms with E-state index >= 15 is 0 Å². The van der Waals surface area contributed by atoms with Gasteiger partial charge in [0.2, 0.25) is 10.0 Å². The summed E-state index contributed by atoms with van der Waals surface area (Å²) >= 11 is 11.9. The SMILES string of the molecule is COc1cc2c(cc1OC)CN(CCCCNS(=O)(=O)c1cccc(Cl)c1Cl)CC2. The lowest BCUT2D eigenvalue weighted by molar-refractivity contribution is 0.248. The first kappa shape index (κ1) is 23.2. The Bertz CT molecular complexity index is 999. The Morgan fingerprint density at radius 3 is 2.47 bits per heavy atom. The van der Waals surface area contributed by atoms with Crippen molar-refractivity contribution in [3.63, 3.8) is 0 Å².